The molecule has 2 aromatic rings. The lowest BCUT2D eigenvalue weighted by atomic mass is 9.87. The molecule has 0 unspecified atom stereocenters. The maximum Gasteiger partial charge on any atom is 0.340 e. The fourth-order valence-corrected chi connectivity index (χ4v) is 4.68. The Kier molecular flexibility index (Phi) is 5.19. The number of hydroxylamine groups is 2. The molecule has 4 rings (SSSR count). The molecule has 0 aliphatic carbocycles. The number of carbonyl (C=O) groups is 3. The zero-order valence-corrected chi connectivity index (χ0v) is 18.9. The molecule has 168 valence electrons. The van der Waals surface area contributed by atoms with Crippen molar-refractivity contribution in [3.8, 4) is 0 Å². The van der Waals surface area contributed by atoms with Crippen LogP contribution in [0, 0.1) is 6.92 Å². The van der Waals surface area contributed by atoms with Crippen molar-refractivity contribution in [2.75, 3.05) is 11.4 Å². The monoisotopic (exact) mass is 438 g/mol. The van der Waals surface area contributed by atoms with E-state index in [1.807, 2.05) is 12.1 Å². The van der Waals surface area contributed by atoms with Crippen LogP contribution < -0.4 is 10.5 Å². The number of imide groups is 1. The molecule has 0 N–H and O–H groups in total. The van der Waals surface area contributed by atoms with Crippen LogP contribution in [0.25, 0.3) is 16.5 Å². The smallest absolute Gasteiger partial charge is 0.340 e. The highest BCUT2D eigenvalue weighted by atomic mass is 16.7. The lowest BCUT2D eigenvalue weighted by Crippen LogP contribution is -2.44. The van der Waals surface area contributed by atoms with Gasteiger partial charge in [-0.15, -0.1) is 5.06 Å². The summed E-state index contributed by atoms with van der Waals surface area (Å²) in [7, 11) is 0. The van der Waals surface area contributed by atoms with Gasteiger partial charge in [0, 0.05) is 42.1 Å². The number of benzene rings is 1. The van der Waals surface area contributed by atoms with E-state index in [-0.39, 0.29) is 23.9 Å². The number of rotatable bonds is 4. The predicted octanol–water partition coefficient (Wildman–Crippen LogP) is 3.27. The minimum absolute atomic E-state index is 0.00676. The van der Waals surface area contributed by atoms with E-state index in [1.54, 1.807) is 6.92 Å². The highest BCUT2D eigenvalue weighted by Gasteiger charge is 2.34. The van der Waals surface area contributed by atoms with Gasteiger partial charge in [-0.3, -0.25) is 9.59 Å². The topological polar surface area (TPSA) is 97.1 Å². The second-order valence-corrected chi connectivity index (χ2v) is 8.81. The van der Waals surface area contributed by atoms with Crippen LogP contribution in [-0.4, -0.2) is 34.9 Å². The summed E-state index contributed by atoms with van der Waals surface area (Å²) < 4.78 is 5.59. The second kappa shape index (κ2) is 7.62. The highest BCUT2D eigenvalue weighted by molar-refractivity contribution is 6.01. The zero-order chi connectivity index (χ0) is 23.4. The molecular formula is C24H26N2O6. The van der Waals surface area contributed by atoms with Gasteiger partial charge in [-0.1, -0.05) is 6.08 Å². The molecular weight excluding hydrogens is 412 g/mol. The van der Waals surface area contributed by atoms with Crippen molar-refractivity contribution < 1.29 is 23.6 Å². The lowest BCUT2D eigenvalue weighted by molar-refractivity contribution is -0.197. The quantitative estimate of drug-likeness (QED) is 0.534. The third-order valence-corrected chi connectivity index (χ3v) is 6.22. The summed E-state index contributed by atoms with van der Waals surface area (Å²) in [5.41, 5.74) is 3.52. The van der Waals surface area contributed by atoms with Crippen molar-refractivity contribution >= 4 is 40.0 Å². The molecule has 1 aromatic carbocycles. The first kappa shape index (κ1) is 21.8. The Bertz CT molecular complexity index is 1240. The Morgan fingerprint density at radius 1 is 1.12 bits per heavy atom. The van der Waals surface area contributed by atoms with E-state index in [9.17, 15) is 19.2 Å². The molecule has 0 atom stereocenters. The van der Waals surface area contributed by atoms with E-state index in [2.05, 4.69) is 38.7 Å². The number of hydrogen-bond acceptors (Lipinski definition) is 7. The fourth-order valence-electron chi connectivity index (χ4n) is 4.68. The van der Waals surface area contributed by atoms with Gasteiger partial charge >= 0.3 is 11.6 Å². The van der Waals surface area contributed by atoms with Crippen LogP contribution in [0.5, 0.6) is 0 Å². The van der Waals surface area contributed by atoms with Gasteiger partial charge in [0.2, 0.25) is 0 Å². The maximum atomic E-state index is 12.7. The summed E-state index contributed by atoms with van der Waals surface area (Å²) in [5.74, 6) is -2.00. The van der Waals surface area contributed by atoms with E-state index < -0.39 is 29.8 Å². The number of carbonyl (C=O) groups excluding carboxylic acids is 3. The van der Waals surface area contributed by atoms with Crippen LogP contribution in [0.15, 0.2) is 27.4 Å². The molecule has 2 aliphatic rings. The fraction of sp³-hybridized carbons (Fsp3) is 0.417. The Balaban J connectivity index is 1.74. The van der Waals surface area contributed by atoms with Gasteiger partial charge in [0.25, 0.3) is 11.8 Å². The van der Waals surface area contributed by atoms with Gasteiger partial charge in [0.15, 0.2) is 0 Å². The van der Waals surface area contributed by atoms with Crippen LogP contribution in [0.4, 0.5) is 5.69 Å². The lowest BCUT2D eigenvalue weighted by Gasteiger charge is -2.42. The van der Waals surface area contributed by atoms with E-state index in [1.165, 1.54) is 0 Å². The van der Waals surface area contributed by atoms with E-state index in [0.29, 0.717) is 16.2 Å². The molecule has 2 aliphatic heterocycles. The summed E-state index contributed by atoms with van der Waals surface area (Å²) in [6.07, 6.45) is 1.82. The molecule has 0 bridgehead atoms. The molecule has 8 heteroatoms. The van der Waals surface area contributed by atoms with Crippen molar-refractivity contribution in [2.45, 2.75) is 59.4 Å². The average Bonchev–Trinajstić information content (AvgIpc) is 3.02. The van der Waals surface area contributed by atoms with Crippen molar-refractivity contribution in [3.05, 3.63) is 45.3 Å². The molecule has 2 amide bonds. The number of nitrogens with zero attached hydrogens (tertiary/aromatic N) is 2. The van der Waals surface area contributed by atoms with Crippen molar-refractivity contribution in [2.24, 2.45) is 0 Å². The van der Waals surface area contributed by atoms with Gasteiger partial charge in [-0.2, -0.15) is 0 Å². The molecule has 3 heterocycles. The van der Waals surface area contributed by atoms with Crippen LogP contribution in [-0.2, 0) is 25.6 Å². The van der Waals surface area contributed by atoms with Crippen LogP contribution in [0.1, 0.15) is 57.2 Å². The summed E-state index contributed by atoms with van der Waals surface area (Å²) >= 11 is 0. The molecule has 0 saturated carbocycles. The van der Waals surface area contributed by atoms with E-state index in [0.717, 1.165) is 28.8 Å². The van der Waals surface area contributed by atoms with Crippen LogP contribution in [0.3, 0.4) is 0 Å². The number of allylic oxidation sites excluding steroid dienone is 1. The standard InChI is InChI=1S/C24H26N2O6/c1-6-25-18-11-19-16(9-15(18)13(2)12-24(25,4)5)14(3)17(23(30)31-19)10-22(29)32-26-20(27)7-8-21(26)28/h9,11-12H,6-8,10H2,1-5H3. The van der Waals surface area contributed by atoms with E-state index >= 15 is 0 Å². The first-order valence-electron chi connectivity index (χ1n) is 10.7. The van der Waals surface area contributed by atoms with Crippen LogP contribution in [0.2, 0.25) is 0 Å². The minimum Gasteiger partial charge on any atom is -0.422 e. The van der Waals surface area contributed by atoms with Crippen LogP contribution >= 0.6 is 0 Å². The van der Waals surface area contributed by atoms with Gasteiger partial charge in [-0.05, 0) is 51.8 Å². The molecule has 1 fully saturated rings. The number of fused-ring (bicyclic) bond motifs is 2. The van der Waals surface area contributed by atoms with Crippen molar-refractivity contribution in [3.63, 3.8) is 0 Å². The zero-order valence-electron chi connectivity index (χ0n) is 18.9. The number of anilines is 1. The SMILES string of the molecule is CCN1c2cc3oc(=O)c(CC(=O)ON4C(=O)CCC4=O)c(C)c3cc2C(C)=CC1(C)C. The molecule has 1 aromatic heterocycles. The minimum atomic E-state index is -0.865. The number of amides is 2. The van der Waals surface area contributed by atoms with Gasteiger partial charge < -0.3 is 14.2 Å². The third kappa shape index (κ3) is 3.49. The molecule has 1 saturated heterocycles. The van der Waals surface area contributed by atoms with E-state index in [4.69, 9.17) is 9.25 Å². The number of hydrogen-bond donors (Lipinski definition) is 0. The number of likely N-dealkylation sites (N-methyl/N-ethyl adjacent to an activating group) is 1. The third-order valence-electron chi connectivity index (χ3n) is 6.22. The van der Waals surface area contributed by atoms with Crippen molar-refractivity contribution in [1.29, 1.82) is 0 Å². The Morgan fingerprint density at radius 3 is 2.41 bits per heavy atom. The average molecular weight is 438 g/mol. The number of aryl methyl sites for hydroxylation is 1. The predicted molar refractivity (Wildman–Crippen MR) is 119 cm³/mol. The van der Waals surface area contributed by atoms with Crippen molar-refractivity contribution in [1.82, 2.24) is 5.06 Å². The van der Waals surface area contributed by atoms with Gasteiger partial charge in [-0.25, -0.2) is 9.59 Å². The molecule has 0 radical (unpaired) electrons. The van der Waals surface area contributed by atoms with Gasteiger partial charge in [0.05, 0.1) is 17.5 Å². The van der Waals surface area contributed by atoms with Gasteiger partial charge in [0.1, 0.15) is 5.58 Å². The normalized spacial score (nSPS) is 17.6. The highest BCUT2D eigenvalue weighted by Crippen LogP contribution is 2.41. The summed E-state index contributed by atoms with van der Waals surface area (Å²) in [6, 6.07) is 3.86. The summed E-state index contributed by atoms with van der Waals surface area (Å²) in [5, 5.41) is 1.20. The second-order valence-electron chi connectivity index (χ2n) is 8.81. The summed E-state index contributed by atoms with van der Waals surface area (Å²) in [6.45, 7) is 10.9. The molecule has 0 spiro atoms. The Labute approximate surface area is 185 Å². The maximum absolute atomic E-state index is 12.7. The molecule has 32 heavy (non-hydrogen) atoms. The largest absolute Gasteiger partial charge is 0.422 e. The Morgan fingerprint density at radius 2 is 1.78 bits per heavy atom. The molecule has 8 nitrogen and oxygen atoms in total. The Hall–Kier alpha value is -3.42. The first-order valence-corrected chi connectivity index (χ1v) is 10.7. The summed E-state index contributed by atoms with van der Waals surface area (Å²) in [4.78, 5) is 55.6. The first-order chi connectivity index (χ1) is 15.0.